The van der Waals surface area contributed by atoms with Crippen molar-refractivity contribution in [3.05, 3.63) is 53.6 Å². The van der Waals surface area contributed by atoms with Gasteiger partial charge in [-0.3, -0.25) is 0 Å². The number of nitrogens with zero attached hydrogens (tertiary/aromatic N) is 1. The highest BCUT2D eigenvalue weighted by molar-refractivity contribution is 5.58. The highest BCUT2D eigenvalue weighted by Crippen LogP contribution is 2.27. The molecule has 0 unspecified atom stereocenters. The summed E-state index contributed by atoms with van der Waals surface area (Å²) >= 11 is 0. The van der Waals surface area contributed by atoms with E-state index in [1.165, 1.54) is 16.0 Å². The fourth-order valence-corrected chi connectivity index (χ4v) is 3.79. The first-order valence-electron chi connectivity index (χ1n) is 10.7. The lowest BCUT2D eigenvalue weighted by Crippen LogP contribution is -3.16. The van der Waals surface area contributed by atoms with Crippen molar-refractivity contribution in [2.75, 3.05) is 64.6 Å². The number of quaternary nitrogens is 1. The van der Waals surface area contributed by atoms with E-state index >= 15 is 0 Å². The molecule has 1 saturated heterocycles. The van der Waals surface area contributed by atoms with Gasteiger partial charge in [-0.1, -0.05) is 18.2 Å². The van der Waals surface area contributed by atoms with Crippen molar-refractivity contribution in [2.45, 2.75) is 20.0 Å². The SMILES string of the molecule is COc1ccccc1N1CC[NH+](C[C@H](O)COCCOc2ccc(C)c(C)c2)CC1. The van der Waals surface area contributed by atoms with E-state index in [0.717, 1.165) is 43.4 Å². The Hall–Kier alpha value is -2.28. The number of hydrogen-bond acceptors (Lipinski definition) is 5. The summed E-state index contributed by atoms with van der Waals surface area (Å²) < 4.78 is 16.8. The van der Waals surface area contributed by atoms with Crippen molar-refractivity contribution < 1.29 is 24.2 Å². The van der Waals surface area contributed by atoms with E-state index in [4.69, 9.17) is 14.2 Å². The van der Waals surface area contributed by atoms with Crippen molar-refractivity contribution in [1.29, 1.82) is 0 Å². The van der Waals surface area contributed by atoms with Gasteiger partial charge in [0.05, 0.1) is 52.2 Å². The van der Waals surface area contributed by atoms with Crippen LogP contribution >= 0.6 is 0 Å². The number of piperazine rings is 1. The summed E-state index contributed by atoms with van der Waals surface area (Å²) in [6.07, 6.45) is -0.459. The minimum atomic E-state index is -0.459. The molecule has 0 saturated carbocycles. The molecule has 1 fully saturated rings. The molecule has 0 spiro atoms. The molecular weight excluding hydrogens is 380 g/mol. The molecule has 0 radical (unpaired) electrons. The number of anilines is 1. The van der Waals surface area contributed by atoms with Gasteiger partial charge in [-0.25, -0.2) is 0 Å². The van der Waals surface area contributed by atoms with Gasteiger partial charge in [-0.2, -0.15) is 0 Å². The largest absolute Gasteiger partial charge is 0.495 e. The first kappa shape index (κ1) is 22.4. The first-order valence-corrected chi connectivity index (χ1v) is 10.7. The van der Waals surface area contributed by atoms with Gasteiger partial charge in [0.2, 0.25) is 0 Å². The highest BCUT2D eigenvalue weighted by atomic mass is 16.5. The Kier molecular flexibility index (Phi) is 8.37. The Bertz CT molecular complexity index is 791. The molecule has 0 aliphatic carbocycles. The number of hydrogen-bond donors (Lipinski definition) is 2. The molecule has 2 N–H and O–H groups in total. The second-order valence-corrected chi connectivity index (χ2v) is 7.94. The lowest BCUT2D eigenvalue weighted by molar-refractivity contribution is -0.903. The average molecular weight is 416 g/mol. The van der Waals surface area contributed by atoms with Crippen LogP contribution in [-0.2, 0) is 4.74 Å². The highest BCUT2D eigenvalue weighted by Gasteiger charge is 2.24. The van der Waals surface area contributed by atoms with E-state index in [1.807, 2.05) is 30.3 Å². The van der Waals surface area contributed by atoms with Crippen LogP contribution in [0.2, 0.25) is 0 Å². The van der Waals surface area contributed by atoms with Gasteiger partial charge in [0.1, 0.15) is 30.8 Å². The van der Waals surface area contributed by atoms with Gasteiger partial charge in [0, 0.05) is 0 Å². The molecule has 1 aliphatic rings. The van der Waals surface area contributed by atoms with E-state index in [-0.39, 0.29) is 0 Å². The number of ether oxygens (including phenoxy) is 3. The van der Waals surface area contributed by atoms with Crippen LogP contribution < -0.4 is 19.3 Å². The molecule has 6 nitrogen and oxygen atoms in total. The number of benzene rings is 2. The zero-order valence-corrected chi connectivity index (χ0v) is 18.4. The molecule has 30 heavy (non-hydrogen) atoms. The van der Waals surface area contributed by atoms with E-state index in [9.17, 15) is 5.11 Å². The van der Waals surface area contributed by atoms with Crippen molar-refractivity contribution in [3.63, 3.8) is 0 Å². The van der Waals surface area contributed by atoms with Crippen molar-refractivity contribution in [2.24, 2.45) is 0 Å². The van der Waals surface area contributed by atoms with Crippen LogP contribution in [0.5, 0.6) is 11.5 Å². The molecule has 0 amide bonds. The zero-order chi connectivity index (χ0) is 21.3. The van der Waals surface area contributed by atoms with Crippen LogP contribution in [0.25, 0.3) is 0 Å². The number of rotatable bonds is 10. The standard InChI is InChI=1S/C24H34N2O4/c1-19-8-9-22(16-20(19)2)30-15-14-29-18-21(27)17-25-10-12-26(13-11-25)23-6-4-5-7-24(23)28-3/h4-9,16,21,27H,10-15,17-18H2,1-3H3/p+1/t21-/m0/s1. The van der Waals surface area contributed by atoms with Crippen molar-refractivity contribution in [3.8, 4) is 11.5 Å². The second-order valence-electron chi connectivity index (χ2n) is 7.94. The molecule has 2 aromatic carbocycles. The van der Waals surface area contributed by atoms with E-state index < -0.39 is 6.10 Å². The Labute approximate surface area is 180 Å². The van der Waals surface area contributed by atoms with Gasteiger partial charge in [0.25, 0.3) is 0 Å². The normalized spacial score (nSPS) is 15.8. The van der Waals surface area contributed by atoms with Gasteiger partial charge in [-0.05, 0) is 49.2 Å². The third kappa shape index (κ3) is 6.36. The molecule has 6 heteroatoms. The van der Waals surface area contributed by atoms with E-state index in [2.05, 4.69) is 30.9 Å². The second kappa shape index (κ2) is 11.2. The van der Waals surface area contributed by atoms with Crippen LogP contribution in [0.1, 0.15) is 11.1 Å². The number of aliphatic hydroxyl groups is 1. The Morgan fingerprint density at radius 3 is 2.53 bits per heavy atom. The third-order valence-corrected chi connectivity index (χ3v) is 5.71. The minimum absolute atomic E-state index is 0.343. The summed E-state index contributed by atoms with van der Waals surface area (Å²) in [5, 5.41) is 10.3. The van der Waals surface area contributed by atoms with Crippen LogP contribution in [0.15, 0.2) is 42.5 Å². The topological polar surface area (TPSA) is 55.6 Å². The van der Waals surface area contributed by atoms with Crippen LogP contribution in [0, 0.1) is 13.8 Å². The van der Waals surface area contributed by atoms with Gasteiger partial charge in [0.15, 0.2) is 0 Å². The van der Waals surface area contributed by atoms with Gasteiger partial charge < -0.3 is 29.1 Å². The number of methoxy groups -OCH3 is 1. The Morgan fingerprint density at radius 1 is 1.03 bits per heavy atom. The summed E-state index contributed by atoms with van der Waals surface area (Å²) in [6.45, 7) is 10.1. The zero-order valence-electron chi connectivity index (χ0n) is 18.4. The summed E-state index contributed by atoms with van der Waals surface area (Å²) in [5.74, 6) is 1.78. The lowest BCUT2D eigenvalue weighted by Gasteiger charge is -2.35. The lowest BCUT2D eigenvalue weighted by atomic mass is 10.1. The summed E-state index contributed by atoms with van der Waals surface area (Å²) in [5.41, 5.74) is 3.62. The molecule has 1 aliphatic heterocycles. The van der Waals surface area contributed by atoms with Crippen molar-refractivity contribution >= 4 is 5.69 Å². The smallest absolute Gasteiger partial charge is 0.142 e. The maximum absolute atomic E-state index is 10.3. The number of para-hydroxylation sites is 2. The fraction of sp³-hybridized carbons (Fsp3) is 0.500. The van der Waals surface area contributed by atoms with E-state index in [1.54, 1.807) is 7.11 Å². The van der Waals surface area contributed by atoms with Gasteiger partial charge >= 0.3 is 0 Å². The van der Waals surface area contributed by atoms with Crippen molar-refractivity contribution in [1.82, 2.24) is 0 Å². The Morgan fingerprint density at radius 2 is 1.80 bits per heavy atom. The molecular formula is C24H35N2O4+. The van der Waals surface area contributed by atoms with Crippen LogP contribution in [-0.4, -0.2) is 70.9 Å². The predicted octanol–water partition coefficient (Wildman–Crippen LogP) is 1.47. The Balaban J connectivity index is 1.31. The maximum atomic E-state index is 10.3. The minimum Gasteiger partial charge on any atom is -0.495 e. The number of nitrogens with one attached hydrogen (secondary N) is 1. The van der Waals surface area contributed by atoms with Gasteiger partial charge in [-0.15, -0.1) is 0 Å². The number of aryl methyl sites for hydroxylation is 2. The molecule has 1 atom stereocenters. The van der Waals surface area contributed by atoms with Crippen LogP contribution in [0.4, 0.5) is 5.69 Å². The summed E-state index contributed by atoms with van der Waals surface area (Å²) in [6, 6.07) is 14.2. The summed E-state index contributed by atoms with van der Waals surface area (Å²) in [7, 11) is 1.71. The molecule has 0 bridgehead atoms. The maximum Gasteiger partial charge on any atom is 0.142 e. The monoisotopic (exact) mass is 415 g/mol. The predicted molar refractivity (Wildman–Crippen MR) is 119 cm³/mol. The third-order valence-electron chi connectivity index (χ3n) is 5.71. The molecule has 2 aromatic rings. The molecule has 0 aromatic heterocycles. The molecule has 1 heterocycles. The quantitative estimate of drug-likeness (QED) is 0.576. The fourth-order valence-electron chi connectivity index (χ4n) is 3.79. The van der Waals surface area contributed by atoms with Crippen LogP contribution in [0.3, 0.4) is 0 Å². The average Bonchev–Trinajstić information content (AvgIpc) is 2.76. The summed E-state index contributed by atoms with van der Waals surface area (Å²) in [4.78, 5) is 3.76. The van der Waals surface area contributed by atoms with E-state index in [0.29, 0.717) is 26.4 Å². The molecule has 164 valence electrons. The number of aliphatic hydroxyl groups excluding tert-OH is 1. The first-order chi connectivity index (χ1) is 14.6. The molecule has 3 rings (SSSR count).